The Labute approximate surface area is 106 Å². The molecule has 4 heteroatoms. The number of hydrogen-bond donors (Lipinski definition) is 2. The number of fused-ring (bicyclic) bond motifs is 1. The van der Waals surface area contributed by atoms with E-state index in [-0.39, 0.29) is 11.7 Å². The molecular weight excluding hydrogens is 228 g/mol. The van der Waals surface area contributed by atoms with Crippen molar-refractivity contribution in [1.82, 2.24) is 9.88 Å². The van der Waals surface area contributed by atoms with Gasteiger partial charge < -0.3 is 15.0 Å². The molecule has 0 aliphatic rings. The van der Waals surface area contributed by atoms with Crippen LogP contribution in [-0.4, -0.2) is 22.1 Å². The summed E-state index contributed by atoms with van der Waals surface area (Å²) in [7, 11) is 1.98. The highest BCUT2D eigenvalue weighted by Gasteiger charge is 2.07. The van der Waals surface area contributed by atoms with Gasteiger partial charge in [-0.2, -0.15) is 0 Å². The van der Waals surface area contributed by atoms with Crippen LogP contribution in [0.25, 0.3) is 10.9 Å². The van der Waals surface area contributed by atoms with Gasteiger partial charge in [0.25, 0.3) is 0 Å². The minimum atomic E-state index is 0.0677. The number of carbonyl (C=O) groups excluding carboxylic acids is 1. The topological polar surface area (TPSA) is 54.3 Å². The van der Waals surface area contributed by atoms with Crippen molar-refractivity contribution in [2.24, 2.45) is 7.05 Å². The molecule has 18 heavy (non-hydrogen) atoms. The molecule has 1 amide bonds. The van der Waals surface area contributed by atoms with Gasteiger partial charge >= 0.3 is 0 Å². The van der Waals surface area contributed by atoms with Crippen molar-refractivity contribution in [3.05, 3.63) is 30.0 Å². The SMILES string of the molecule is CCC(=O)NCCc1cn(C)c2ccc(O)cc12. The van der Waals surface area contributed by atoms with Crippen molar-refractivity contribution in [2.75, 3.05) is 6.54 Å². The quantitative estimate of drug-likeness (QED) is 0.866. The van der Waals surface area contributed by atoms with Gasteiger partial charge in [0.05, 0.1) is 0 Å². The summed E-state index contributed by atoms with van der Waals surface area (Å²) in [5.41, 5.74) is 2.23. The number of amides is 1. The Morgan fingerprint density at radius 3 is 2.94 bits per heavy atom. The van der Waals surface area contributed by atoms with Crippen LogP contribution >= 0.6 is 0 Å². The van der Waals surface area contributed by atoms with Gasteiger partial charge in [0.2, 0.25) is 5.91 Å². The highest BCUT2D eigenvalue weighted by atomic mass is 16.3. The van der Waals surface area contributed by atoms with Crippen molar-refractivity contribution < 1.29 is 9.90 Å². The summed E-state index contributed by atoms with van der Waals surface area (Å²) in [5.74, 6) is 0.339. The van der Waals surface area contributed by atoms with E-state index in [4.69, 9.17) is 0 Å². The number of aromatic nitrogens is 1. The molecule has 2 N–H and O–H groups in total. The third-order valence-electron chi connectivity index (χ3n) is 3.09. The number of hydrogen-bond acceptors (Lipinski definition) is 2. The van der Waals surface area contributed by atoms with Gasteiger partial charge in [-0.25, -0.2) is 0 Å². The first-order valence-corrected chi connectivity index (χ1v) is 6.15. The molecule has 0 aliphatic carbocycles. The summed E-state index contributed by atoms with van der Waals surface area (Å²) >= 11 is 0. The largest absolute Gasteiger partial charge is 0.508 e. The average Bonchev–Trinajstić information content (AvgIpc) is 2.65. The van der Waals surface area contributed by atoms with Crippen molar-refractivity contribution in [1.29, 1.82) is 0 Å². The van der Waals surface area contributed by atoms with Crippen LogP contribution < -0.4 is 5.32 Å². The lowest BCUT2D eigenvalue weighted by Crippen LogP contribution is -2.24. The second-order valence-electron chi connectivity index (χ2n) is 4.42. The zero-order valence-electron chi connectivity index (χ0n) is 10.7. The normalized spacial score (nSPS) is 10.8. The average molecular weight is 246 g/mol. The molecule has 1 heterocycles. The van der Waals surface area contributed by atoms with E-state index in [1.807, 2.05) is 30.8 Å². The van der Waals surface area contributed by atoms with Crippen LogP contribution in [-0.2, 0) is 18.3 Å². The fourth-order valence-electron chi connectivity index (χ4n) is 2.12. The monoisotopic (exact) mass is 246 g/mol. The molecule has 0 saturated carbocycles. The number of nitrogens with zero attached hydrogens (tertiary/aromatic N) is 1. The maximum absolute atomic E-state index is 11.2. The number of rotatable bonds is 4. The van der Waals surface area contributed by atoms with Gasteiger partial charge in [0.1, 0.15) is 5.75 Å². The molecule has 0 saturated heterocycles. The Morgan fingerprint density at radius 1 is 1.44 bits per heavy atom. The number of phenols is 1. The summed E-state index contributed by atoms with van der Waals surface area (Å²) in [6.45, 7) is 2.47. The van der Waals surface area contributed by atoms with Crippen LogP contribution in [0, 0.1) is 0 Å². The molecule has 0 unspecified atom stereocenters. The fraction of sp³-hybridized carbons (Fsp3) is 0.357. The van der Waals surface area contributed by atoms with E-state index in [9.17, 15) is 9.90 Å². The van der Waals surface area contributed by atoms with Gasteiger partial charge in [-0.1, -0.05) is 6.92 Å². The van der Waals surface area contributed by atoms with E-state index in [1.165, 1.54) is 0 Å². The lowest BCUT2D eigenvalue weighted by Gasteiger charge is -2.02. The van der Waals surface area contributed by atoms with Crippen LogP contribution in [0.2, 0.25) is 0 Å². The standard InChI is InChI=1S/C14H18N2O2/c1-3-14(18)15-7-6-10-9-16(2)13-5-4-11(17)8-12(10)13/h4-5,8-9,17H,3,6-7H2,1-2H3,(H,15,18). The Bertz CT molecular complexity index is 572. The molecule has 96 valence electrons. The van der Waals surface area contributed by atoms with Gasteiger partial charge in [0, 0.05) is 37.1 Å². The van der Waals surface area contributed by atoms with Crippen molar-refractivity contribution >= 4 is 16.8 Å². The Hall–Kier alpha value is -1.97. The van der Waals surface area contributed by atoms with Gasteiger partial charge in [-0.3, -0.25) is 4.79 Å². The molecule has 0 aliphatic heterocycles. The van der Waals surface area contributed by atoms with Gasteiger partial charge in [-0.15, -0.1) is 0 Å². The van der Waals surface area contributed by atoms with E-state index >= 15 is 0 Å². The summed E-state index contributed by atoms with van der Waals surface area (Å²) in [6.07, 6.45) is 3.32. The predicted octanol–water partition coefficient (Wildman–Crippen LogP) is 1.95. The second-order valence-corrected chi connectivity index (χ2v) is 4.42. The highest BCUT2D eigenvalue weighted by Crippen LogP contribution is 2.24. The number of aromatic hydroxyl groups is 1. The molecule has 0 bridgehead atoms. The number of benzene rings is 1. The van der Waals surface area contributed by atoms with Crippen LogP contribution in [0.4, 0.5) is 0 Å². The Morgan fingerprint density at radius 2 is 2.22 bits per heavy atom. The summed E-state index contributed by atoms with van der Waals surface area (Å²) in [4.78, 5) is 11.2. The van der Waals surface area contributed by atoms with Crippen molar-refractivity contribution in [2.45, 2.75) is 19.8 Å². The third-order valence-corrected chi connectivity index (χ3v) is 3.09. The van der Waals surface area contributed by atoms with Crippen molar-refractivity contribution in [3.63, 3.8) is 0 Å². The molecule has 2 rings (SSSR count). The van der Waals surface area contributed by atoms with E-state index in [0.717, 1.165) is 22.9 Å². The van der Waals surface area contributed by atoms with Gasteiger partial charge in [-0.05, 0) is 30.2 Å². The van der Waals surface area contributed by atoms with E-state index in [2.05, 4.69) is 5.32 Å². The molecule has 0 spiro atoms. The number of nitrogens with one attached hydrogen (secondary N) is 1. The fourth-order valence-corrected chi connectivity index (χ4v) is 2.12. The van der Waals surface area contributed by atoms with E-state index in [0.29, 0.717) is 13.0 Å². The maximum Gasteiger partial charge on any atom is 0.219 e. The minimum absolute atomic E-state index is 0.0677. The highest BCUT2D eigenvalue weighted by molar-refractivity contribution is 5.85. The van der Waals surface area contributed by atoms with E-state index in [1.54, 1.807) is 12.1 Å². The Kier molecular flexibility index (Phi) is 3.55. The second kappa shape index (κ2) is 5.12. The Balaban J connectivity index is 2.18. The van der Waals surface area contributed by atoms with Gasteiger partial charge in [0.15, 0.2) is 0 Å². The molecular formula is C14H18N2O2. The molecule has 0 radical (unpaired) electrons. The van der Waals surface area contributed by atoms with E-state index < -0.39 is 0 Å². The van der Waals surface area contributed by atoms with Crippen LogP contribution in [0.15, 0.2) is 24.4 Å². The van der Waals surface area contributed by atoms with Crippen LogP contribution in [0.3, 0.4) is 0 Å². The zero-order valence-corrected chi connectivity index (χ0v) is 10.7. The van der Waals surface area contributed by atoms with Crippen LogP contribution in [0.5, 0.6) is 5.75 Å². The first-order valence-electron chi connectivity index (χ1n) is 6.15. The zero-order chi connectivity index (χ0) is 13.1. The number of phenolic OH excluding ortho intramolecular Hbond substituents is 1. The smallest absolute Gasteiger partial charge is 0.219 e. The lowest BCUT2D eigenvalue weighted by molar-refractivity contribution is -0.120. The molecule has 4 nitrogen and oxygen atoms in total. The molecule has 0 fully saturated rings. The number of aryl methyl sites for hydroxylation is 1. The van der Waals surface area contributed by atoms with Crippen LogP contribution in [0.1, 0.15) is 18.9 Å². The molecule has 2 aromatic rings. The molecule has 1 aromatic carbocycles. The summed E-state index contributed by atoms with van der Waals surface area (Å²) < 4.78 is 2.03. The first kappa shape index (κ1) is 12.5. The number of carbonyl (C=O) groups is 1. The summed E-state index contributed by atoms with van der Waals surface area (Å²) in [5, 5.41) is 13.4. The lowest BCUT2D eigenvalue weighted by atomic mass is 10.1. The maximum atomic E-state index is 11.2. The third kappa shape index (κ3) is 2.47. The predicted molar refractivity (Wildman–Crippen MR) is 71.6 cm³/mol. The minimum Gasteiger partial charge on any atom is -0.508 e. The summed E-state index contributed by atoms with van der Waals surface area (Å²) in [6, 6.07) is 5.36. The molecule has 0 atom stereocenters. The molecule has 1 aromatic heterocycles. The van der Waals surface area contributed by atoms with Crippen molar-refractivity contribution in [3.8, 4) is 5.75 Å². The first-order chi connectivity index (χ1) is 8.61.